The molecule has 0 saturated heterocycles. The van der Waals surface area contributed by atoms with E-state index in [-0.39, 0.29) is 6.04 Å². The van der Waals surface area contributed by atoms with Gasteiger partial charge in [-0.05, 0) is 6.07 Å². The predicted molar refractivity (Wildman–Crippen MR) is 52.2 cm³/mol. The van der Waals surface area contributed by atoms with Gasteiger partial charge in [-0.25, -0.2) is 15.4 Å². The van der Waals surface area contributed by atoms with Gasteiger partial charge in [0.25, 0.3) is 0 Å². The zero-order valence-corrected chi connectivity index (χ0v) is 8.20. The van der Waals surface area contributed by atoms with Gasteiger partial charge in [-0.1, -0.05) is 5.21 Å². The number of nitrogens with two attached hydrogens (primary N) is 1. The van der Waals surface area contributed by atoms with E-state index in [1.165, 1.54) is 0 Å². The maximum absolute atomic E-state index is 5.47. The summed E-state index contributed by atoms with van der Waals surface area (Å²) >= 11 is 0. The average molecular weight is 205 g/mol. The first-order valence-corrected chi connectivity index (χ1v) is 4.40. The minimum atomic E-state index is -0.300. The number of aryl methyl sites for hydroxylation is 1. The molecule has 2 aromatic rings. The quantitative estimate of drug-likeness (QED) is 0.501. The highest BCUT2D eigenvalue weighted by Gasteiger charge is 2.18. The van der Waals surface area contributed by atoms with E-state index in [1.54, 1.807) is 36.4 Å². The molecule has 0 spiro atoms. The molecule has 0 radical (unpaired) electrons. The zero-order chi connectivity index (χ0) is 10.7. The molecule has 2 aromatic heterocycles. The van der Waals surface area contributed by atoms with Crippen molar-refractivity contribution < 1.29 is 0 Å². The number of aromatic nitrogens is 5. The van der Waals surface area contributed by atoms with E-state index in [2.05, 4.69) is 25.7 Å². The van der Waals surface area contributed by atoms with Gasteiger partial charge in [0.05, 0.1) is 11.9 Å². The minimum Gasteiger partial charge on any atom is -0.270 e. The average Bonchev–Trinajstić information content (AvgIpc) is 2.68. The lowest BCUT2D eigenvalue weighted by atomic mass is 10.2. The smallest absolute Gasteiger partial charge is 0.152 e. The third-order valence-corrected chi connectivity index (χ3v) is 2.06. The topological polar surface area (TPSA) is 94.5 Å². The van der Waals surface area contributed by atoms with Crippen LogP contribution in [0.5, 0.6) is 0 Å². The molecule has 0 saturated carbocycles. The molecule has 2 rings (SSSR count). The van der Waals surface area contributed by atoms with Gasteiger partial charge in [-0.15, -0.1) is 5.10 Å². The number of nitrogens with one attached hydrogen (secondary N) is 1. The van der Waals surface area contributed by atoms with Crippen molar-refractivity contribution in [1.29, 1.82) is 0 Å². The van der Waals surface area contributed by atoms with Crippen LogP contribution in [-0.4, -0.2) is 25.0 Å². The van der Waals surface area contributed by atoms with Crippen LogP contribution in [0.1, 0.15) is 17.6 Å². The highest BCUT2D eigenvalue weighted by Crippen LogP contribution is 2.14. The van der Waals surface area contributed by atoms with Gasteiger partial charge in [0.2, 0.25) is 0 Å². The lowest BCUT2D eigenvalue weighted by Gasteiger charge is -2.13. The molecule has 1 atom stereocenters. The van der Waals surface area contributed by atoms with E-state index in [0.29, 0.717) is 5.82 Å². The van der Waals surface area contributed by atoms with E-state index < -0.39 is 0 Å². The Morgan fingerprint density at radius 3 is 2.67 bits per heavy atom. The summed E-state index contributed by atoms with van der Waals surface area (Å²) in [5, 5.41) is 7.60. The van der Waals surface area contributed by atoms with Crippen molar-refractivity contribution in [3.8, 4) is 0 Å². The first-order valence-electron chi connectivity index (χ1n) is 4.40. The largest absolute Gasteiger partial charge is 0.270 e. The summed E-state index contributed by atoms with van der Waals surface area (Å²) in [5.74, 6) is 6.05. The second-order valence-electron chi connectivity index (χ2n) is 2.99. The summed E-state index contributed by atoms with van der Waals surface area (Å²) in [6.07, 6.45) is 4.95. The van der Waals surface area contributed by atoms with Crippen LogP contribution >= 0.6 is 0 Å². The maximum Gasteiger partial charge on any atom is 0.152 e. The van der Waals surface area contributed by atoms with Gasteiger partial charge in [-0.2, -0.15) is 0 Å². The van der Waals surface area contributed by atoms with Crippen molar-refractivity contribution in [2.24, 2.45) is 12.9 Å². The van der Waals surface area contributed by atoms with Crippen molar-refractivity contribution in [2.45, 2.75) is 6.04 Å². The third-order valence-electron chi connectivity index (χ3n) is 2.06. The van der Waals surface area contributed by atoms with Crippen LogP contribution in [0.4, 0.5) is 0 Å². The van der Waals surface area contributed by atoms with E-state index in [0.717, 1.165) is 5.69 Å². The molecule has 1 unspecified atom stereocenters. The SMILES string of the molecule is Cn1nncc1C(NN)c1ncccn1. The molecule has 7 heteroatoms. The summed E-state index contributed by atoms with van der Waals surface area (Å²) in [5.41, 5.74) is 3.44. The molecule has 0 aliphatic carbocycles. The molecule has 78 valence electrons. The second kappa shape index (κ2) is 4.11. The van der Waals surface area contributed by atoms with Crippen molar-refractivity contribution in [3.05, 3.63) is 36.2 Å². The van der Waals surface area contributed by atoms with Crippen LogP contribution in [0, 0.1) is 0 Å². The fraction of sp³-hybridized carbons (Fsp3) is 0.250. The second-order valence-corrected chi connectivity index (χ2v) is 2.99. The van der Waals surface area contributed by atoms with Crippen LogP contribution < -0.4 is 11.3 Å². The molecular weight excluding hydrogens is 194 g/mol. The monoisotopic (exact) mass is 205 g/mol. The predicted octanol–water partition coefficient (Wildman–Crippen LogP) is -0.842. The standard InChI is InChI=1S/C8H11N7/c1-15-6(5-12-14-15)7(13-9)8-10-3-2-4-11-8/h2-5,7,13H,9H2,1H3. The summed E-state index contributed by atoms with van der Waals surface area (Å²) in [7, 11) is 1.79. The summed E-state index contributed by atoms with van der Waals surface area (Å²) in [6, 6.07) is 1.45. The highest BCUT2D eigenvalue weighted by molar-refractivity contribution is 5.13. The van der Waals surface area contributed by atoms with Crippen LogP contribution in [0.3, 0.4) is 0 Å². The van der Waals surface area contributed by atoms with Crippen LogP contribution in [0.25, 0.3) is 0 Å². The lowest BCUT2D eigenvalue weighted by Crippen LogP contribution is -2.31. The molecule has 0 fully saturated rings. The summed E-state index contributed by atoms with van der Waals surface area (Å²) < 4.78 is 1.63. The number of rotatable bonds is 3. The Hall–Kier alpha value is -1.86. The van der Waals surface area contributed by atoms with Gasteiger partial charge in [0, 0.05) is 19.4 Å². The molecule has 0 amide bonds. The van der Waals surface area contributed by atoms with Gasteiger partial charge >= 0.3 is 0 Å². The summed E-state index contributed by atoms with van der Waals surface area (Å²) in [6.45, 7) is 0. The lowest BCUT2D eigenvalue weighted by molar-refractivity contribution is 0.547. The molecule has 3 N–H and O–H groups in total. The van der Waals surface area contributed by atoms with Gasteiger partial charge in [-0.3, -0.25) is 10.5 Å². The molecular formula is C8H11N7. The first-order chi connectivity index (χ1) is 7.33. The fourth-order valence-corrected chi connectivity index (χ4v) is 1.31. The van der Waals surface area contributed by atoms with Gasteiger partial charge < -0.3 is 0 Å². The first kappa shape index (κ1) is 9.69. The number of hydrazine groups is 1. The van der Waals surface area contributed by atoms with Crippen molar-refractivity contribution >= 4 is 0 Å². The van der Waals surface area contributed by atoms with Gasteiger partial charge in [0.1, 0.15) is 6.04 Å². The van der Waals surface area contributed by atoms with Crippen LogP contribution in [0.15, 0.2) is 24.7 Å². The molecule has 0 aromatic carbocycles. The highest BCUT2D eigenvalue weighted by atomic mass is 15.4. The molecule has 15 heavy (non-hydrogen) atoms. The fourth-order valence-electron chi connectivity index (χ4n) is 1.31. The molecule has 0 bridgehead atoms. The maximum atomic E-state index is 5.47. The Morgan fingerprint density at radius 1 is 1.40 bits per heavy atom. The number of hydrogen-bond donors (Lipinski definition) is 2. The Balaban J connectivity index is 2.37. The minimum absolute atomic E-state index is 0.300. The number of hydrogen-bond acceptors (Lipinski definition) is 6. The van der Waals surface area contributed by atoms with Crippen LogP contribution in [0.2, 0.25) is 0 Å². The van der Waals surface area contributed by atoms with E-state index in [4.69, 9.17) is 5.84 Å². The van der Waals surface area contributed by atoms with Crippen LogP contribution in [-0.2, 0) is 7.05 Å². The Bertz CT molecular complexity index is 424. The Kier molecular flexibility index (Phi) is 2.66. The molecule has 0 aliphatic heterocycles. The van der Waals surface area contributed by atoms with E-state index in [9.17, 15) is 0 Å². The molecule has 2 heterocycles. The van der Waals surface area contributed by atoms with Crippen molar-refractivity contribution in [3.63, 3.8) is 0 Å². The Labute approximate surface area is 86.3 Å². The molecule has 7 nitrogen and oxygen atoms in total. The molecule has 0 aliphatic rings. The van der Waals surface area contributed by atoms with E-state index >= 15 is 0 Å². The van der Waals surface area contributed by atoms with E-state index in [1.807, 2.05) is 0 Å². The number of nitrogens with zero attached hydrogens (tertiary/aromatic N) is 5. The van der Waals surface area contributed by atoms with Crippen molar-refractivity contribution in [2.75, 3.05) is 0 Å². The summed E-state index contributed by atoms with van der Waals surface area (Å²) in [4.78, 5) is 8.25. The Morgan fingerprint density at radius 2 is 2.13 bits per heavy atom. The van der Waals surface area contributed by atoms with Gasteiger partial charge in [0.15, 0.2) is 5.82 Å². The van der Waals surface area contributed by atoms with Crippen molar-refractivity contribution in [1.82, 2.24) is 30.4 Å². The third kappa shape index (κ3) is 1.83. The zero-order valence-electron chi connectivity index (χ0n) is 8.20. The normalized spacial score (nSPS) is 12.7.